The SMILES string of the molecule is N#Cc1ccccc1Sc1ccccc1C(=O)N[C@H]1CCN2CCCC[C@H]12. The number of carbonyl (C=O) groups excluding carboxylic acids is 1. The van der Waals surface area contributed by atoms with E-state index in [2.05, 4.69) is 16.3 Å². The van der Waals surface area contributed by atoms with Gasteiger partial charge in [0.05, 0.1) is 11.1 Å². The van der Waals surface area contributed by atoms with Gasteiger partial charge >= 0.3 is 0 Å². The van der Waals surface area contributed by atoms with Gasteiger partial charge in [-0.05, 0) is 50.1 Å². The van der Waals surface area contributed by atoms with E-state index in [0.29, 0.717) is 17.2 Å². The average Bonchev–Trinajstić information content (AvgIpc) is 3.12. The van der Waals surface area contributed by atoms with Crippen molar-refractivity contribution in [2.24, 2.45) is 0 Å². The van der Waals surface area contributed by atoms with Crippen molar-refractivity contribution in [1.82, 2.24) is 10.2 Å². The largest absolute Gasteiger partial charge is 0.348 e. The van der Waals surface area contributed by atoms with Gasteiger partial charge in [0, 0.05) is 28.4 Å². The summed E-state index contributed by atoms with van der Waals surface area (Å²) in [5.41, 5.74) is 1.32. The molecule has 0 radical (unpaired) electrons. The zero-order valence-corrected chi connectivity index (χ0v) is 16.0. The van der Waals surface area contributed by atoms with Crippen LogP contribution in [0.15, 0.2) is 58.3 Å². The summed E-state index contributed by atoms with van der Waals surface area (Å²) < 4.78 is 0. The maximum absolute atomic E-state index is 13.0. The van der Waals surface area contributed by atoms with Crippen LogP contribution in [0.1, 0.15) is 41.6 Å². The molecule has 0 bridgehead atoms. The van der Waals surface area contributed by atoms with Crippen molar-refractivity contribution < 1.29 is 4.79 Å². The van der Waals surface area contributed by atoms with Gasteiger partial charge in [-0.2, -0.15) is 5.26 Å². The quantitative estimate of drug-likeness (QED) is 0.873. The first kappa shape index (κ1) is 18.1. The van der Waals surface area contributed by atoms with E-state index in [1.807, 2.05) is 42.5 Å². The Bertz CT molecular complexity index is 876. The van der Waals surface area contributed by atoms with Gasteiger partial charge in [0.2, 0.25) is 0 Å². The van der Waals surface area contributed by atoms with E-state index >= 15 is 0 Å². The van der Waals surface area contributed by atoms with Gasteiger partial charge in [-0.3, -0.25) is 9.69 Å². The van der Waals surface area contributed by atoms with Gasteiger partial charge in [-0.25, -0.2) is 0 Å². The molecule has 2 aliphatic heterocycles. The van der Waals surface area contributed by atoms with Crippen molar-refractivity contribution in [3.05, 3.63) is 59.7 Å². The van der Waals surface area contributed by atoms with E-state index in [9.17, 15) is 10.1 Å². The predicted octanol–water partition coefficient (Wildman–Crippen LogP) is 4.07. The van der Waals surface area contributed by atoms with Crippen molar-refractivity contribution in [2.45, 2.75) is 47.6 Å². The highest BCUT2D eigenvalue weighted by Gasteiger charge is 2.36. The van der Waals surface area contributed by atoms with Gasteiger partial charge in [-0.15, -0.1) is 0 Å². The highest BCUT2D eigenvalue weighted by Crippen LogP contribution is 2.33. The molecule has 5 heteroatoms. The summed E-state index contributed by atoms with van der Waals surface area (Å²) in [5, 5.41) is 12.6. The van der Waals surface area contributed by atoms with Crippen molar-refractivity contribution >= 4 is 17.7 Å². The first-order valence-electron chi connectivity index (χ1n) is 9.57. The molecule has 0 spiro atoms. The van der Waals surface area contributed by atoms with E-state index in [1.165, 1.54) is 31.0 Å². The summed E-state index contributed by atoms with van der Waals surface area (Å²) >= 11 is 1.48. The minimum Gasteiger partial charge on any atom is -0.348 e. The molecule has 0 aromatic heterocycles. The monoisotopic (exact) mass is 377 g/mol. The number of piperidine rings is 1. The van der Waals surface area contributed by atoms with Gasteiger partial charge < -0.3 is 5.32 Å². The molecule has 1 amide bonds. The lowest BCUT2D eigenvalue weighted by molar-refractivity contribution is 0.0912. The van der Waals surface area contributed by atoms with E-state index in [4.69, 9.17) is 0 Å². The molecule has 2 heterocycles. The number of hydrogen-bond donors (Lipinski definition) is 1. The molecule has 1 N–H and O–H groups in total. The molecule has 2 fully saturated rings. The highest BCUT2D eigenvalue weighted by atomic mass is 32.2. The maximum Gasteiger partial charge on any atom is 0.252 e. The van der Waals surface area contributed by atoms with E-state index < -0.39 is 0 Å². The van der Waals surface area contributed by atoms with Gasteiger partial charge in [0.25, 0.3) is 5.91 Å². The Morgan fingerprint density at radius 2 is 1.81 bits per heavy atom. The van der Waals surface area contributed by atoms with Crippen molar-refractivity contribution in [3.63, 3.8) is 0 Å². The van der Waals surface area contributed by atoms with Crippen LogP contribution in [0.3, 0.4) is 0 Å². The molecule has 0 unspecified atom stereocenters. The number of nitriles is 1. The van der Waals surface area contributed by atoms with Gasteiger partial charge in [0.1, 0.15) is 6.07 Å². The molecule has 2 atom stereocenters. The van der Waals surface area contributed by atoms with Crippen LogP contribution in [0.2, 0.25) is 0 Å². The molecule has 4 rings (SSSR count). The fourth-order valence-corrected chi connectivity index (χ4v) is 5.20. The Balaban J connectivity index is 1.52. The molecule has 138 valence electrons. The van der Waals surface area contributed by atoms with Crippen LogP contribution in [-0.4, -0.2) is 36.0 Å². The summed E-state index contributed by atoms with van der Waals surface area (Å²) in [5.74, 6) is -0.00929. The number of benzene rings is 2. The fourth-order valence-electron chi connectivity index (χ4n) is 4.17. The second kappa shape index (κ2) is 8.16. The zero-order valence-electron chi connectivity index (χ0n) is 15.2. The van der Waals surface area contributed by atoms with E-state index in [0.717, 1.165) is 29.3 Å². The lowest BCUT2D eigenvalue weighted by Gasteiger charge is -2.32. The Kier molecular flexibility index (Phi) is 5.47. The third-order valence-electron chi connectivity index (χ3n) is 5.53. The number of fused-ring (bicyclic) bond motifs is 1. The van der Waals surface area contributed by atoms with Crippen LogP contribution >= 0.6 is 11.8 Å². The summed E-state index contributed by atoms with van der Waals surface area (Å²) in [6, 6.07) is 18.1. The van der Waals surface area contributed by atoms with Gasteiger partial charge in [0.15, 0.2) is 0 Å². The second-order valence-electron chi connectivity index (χ2n) is 7.17. The van der Waals surface area contributed by atoms with E-state index in [-0.39, 0.29) is 11.9 Å². The second-order valence-corrected chi connectivity index (χ2v) is 8.26. The molecule has 2 saturated heterocycles. The third-order valence-corrected chi connectivity index (χ3v) is 6.68. The standard InChI is InChI=1S/C22H23N3OS/c23-15-16-7-1-3-10-20(16)27-21-11-4-2-8-17(21)22(26)24-18-12-14-25-13-6-5-9-19(18)25/h1-4,7-8,10-11,18-19H,5-6,9,12-14H2,(H,24,26)/t18-,19+/m0/s1. The number of nitrogens with one attached hydrogen (secondary N) is 1. The number of hydrogen-bond acceptors (Lipinski definition) is 4. The molecule has 27 heavy (non-hydrogen) atoms. The summed E-state index contributed by atoms with van der Waals surface area (Å²) in [6.07, 6.45) is 4.74. The number of rotatable bonds is 4. The molecular formula is C22H23N3OS. The van der Waals surface area contributed by atoms with Crippen molar-refractivity contribution in [3.8, 4) is 6.07 Å². The molecule has 2 aromatic rings. The topological polar surface area (TPSA) is 56.1 Å². The lowest BCUT2D eigenvalue weighted by atomic mass is 9.99. The fraction of sp³-hybridized carbons (Fsp3) is 0.364. The minimum atomic E-state index is -0.00929. The Morgan fingerprint density at radius 3 is 2.67 bits per heavy atom. The van der Waals surface area contributed by atoms with Crippen LogP contribution in [0.4, 0.5) is 0 Å². The molecule has 4 nitrogen and oxygen atoms in total. The van der Waals surface area contributed by atoms with Gasteiger partial charge in [-0.1, -0.05) is 42.4 Å². The molecule has 2 aromatic carbocycles. The third kappa shape index (κ3) is 3.87. The normalized spacial score (nSPS) is 22.0. The summed E-state index contributed by atoms with van der Waals surface area (Å²) in [6.45, 7) is 2.25. The predicted molar refractivity (Wildman–Crippen MR) is 107 cm³/mol. The maximum atomic E-state index is 13.0. The summed E-state index contributed by atoms with van der Waals surface area (Å²) in [4.78, 5) is 17.3. The number of carbonyl (C=O) groups is 1. The lowest BCUT2D eigenvalue weighted by Crippen LogP contribution is -2.46. The summed E-state index contributed by atoms with van der Waals surface area (Å²) in [7, 11) is 0. The smallest absolute Gasteiger partial charge is 0.252 e. The Hall–Kier alpha value is -2.29. The first-order valence-corrected chi connectivity index (χ1v) is 10.4. The zero-order chi connectivity index (χ0) is 18.6. The van der Waals surface area contributed by atoms with Crippen molar-refractivity contribution in [1.29, 1.82) is 5.26 Å². The first-order chi connectivity index (χ1) is 13.3. The van der Waals surface area contributed by atoms with Crippen LogP contribution in [0.25, 0.3) is 0 Å². The molecule has 0 saturated carbocycles. The average molecular weight is 378 g/mol. The van der Waals surface area contributed by atoms with Crippen LogP contribution in [-0.2, 0) is 0 Å². The van der Waals surface area contributed by atoms with Crippen molar-refractivity contribution in [2.75, 3.05) is 13.1 Å². The highest BCUT2D eigenvalue weighted by molar-refractivity contribution is 7.99. The number of amides is 1. The number of nitrogens with zero attached hydrogens (tertiary/aromatic N) is 2. The van der Waals surface area contributed by atoms with Crippen LogP contribution < -0.4 is 5.32 Å². The minimum absolute atomic E-state index is 0.00929. The van der Waals surface area contributed by atoms with Crippen LogP contribution in [0.5, 0.6) is 0 Å². The Labute approximate surface area is 164 Å². The van der Waals surface area contributed by atoms with Crippen LogP contribution in [0, 0.1) is 11.3 Å². The molecular weight excluding hydrogens is 354 g/mol. The van der Waals surface area contributed by atoms with E-state index in [1.54, 1.807) is 6.07 Å². The molecule has 0 aliphatic carbocycles. The molecule has 2 aliphatic rings. The Morgan fingerprint density at radius 1 is 1.04 bits per heavy atom.